The van der Waals surface area contributed by atoms with Crippen LogP contribution < -0.4 is 0 Å². The van der Waals surface area contributed by atoms with E-state index >= 15 is 0 Å². The zero-order valence-corrected chi connectivity index (χ0v) is 34.0. The highest BCUT2D eigenvalue weighted by Crippen LogP contribution is 2.36. The van der Waals surface area contributed by atoms with Gasteiger partial charge in [0.05, 0.1) is 18.8 Å². The fraction of sp³-hybridized carbons (Fsp3) is 0.628. The molecule has 0 aromatic rings. The predicted octanol–water partition coefficient (Wildman–Crippen LogP) is 10.0. The lowest BCUT2D eigenvalue weighted by Crippen LogP contribution is -2.29. The third kappa shape index (κ3) is 37.5. The molecular weight excluding hydrogens is 707 g/mol. The monoisotopic (exact) mass is 778 g/mol. The minimum atomic E-state index is -4.84. The normalized spacial score (nSPS) is 14.6. The second-order valence-corrected chi connectivity index (χ2v) is 14.4. The highest BCUT2D eigenvalue weighted by Gasteiger charge is 2.23. The van der Waals surface area contributed by atoms with Crippen LogP contribution in [0, 0.1) is 0 Å². The Kier molecular flexibility index (Phi) is 35.1. The molecule has 11 heteroatoms. The van der Waals surface area contributed by atoms with E-state index < -0.39 is 51.3 Å². The van der Waals surface area contributed by atoms with Crippen molar-refractivity contribution >= 4 is 19.8 Å². The van der Waals surface area contributed by atoms with Crippen LogP contribution in [0.3, 0.4) is 0 Å². The smallest absolute Gasteiger partial charge is 0.462 e. The second kappa shape index (κ2) is 37.1. The summed E-state index contributed by atoms with van der Waals surface area (Å²) in [7, 11) is -4.84. The summed E-state index contributed by atoms with van der Waals surface area (Å²) in [4.78, 5) is 42.8. The van der Waals surface area contributed by atoms with Crippen molar-refractivity contribution in [2.24, 2.45) is 0 Å². The molecule has 308 valence electrons. The lowest BCUT2D eigenvalue weighted by Gasteiger charge is -2.19. The molecule has 0 aliphatic carbocycles. The summed E-state index contributed by atoms with van der Waals surface area (Å²) in [6.07, 6.45) is 42.0. The van der Waals surface area contributed by atoms with Gasteiger partial charge in [-0.25, -0.2) is 4.57 Å². The first-order chi connectivity index (χ1) is 26.1. The van der Waals surface area contributed by atoms with Crippen LogP contribution in [-0.2, 0) is 28.2 Å². The second-order valence-electron chi connectivity index (χ2n) is 13.2. The maximum Gasteiger partial charge on any atom is 0.469 e. The number of carbonyl (C=O) groups excluding carboxylic acids is 2. The van der Waals surface area contributed by atoms with Gasteiger partial charge in [-0.05, 0) is 83.5 Å². The largest absolute Gasteiger partial charge is 0.469 e. The van der Waals surface area contributed by atoms with E-state index in [0.717, 1.165) is 44.9 Å². The van der Waals surface area contributed by atoms with Crippen LogP contribution in [0.4, 0.5) is 0 Å². The van der Waals surface area contributed by atoms with Gasteiger partial charge in [0.1, 0.15) is 6.61 Å². The van der Waals surface area contributed by atoms with Crippen LogP contribution >= 0.6 is 7.82 Å². The first-order valence-electron chi connectivity index (χ1n) is 20.0. The van der Waals surface area contributed by atoms with E-state index in [2.05, 4.69) is 73.1 Å². The molecular formula is C43H71O10P. The summed E-state index contributed by atoms with van der Waals surface area (Å²) in [6, 6.07) is 0. The quantitative estimate of drug-likeness (QED) is 0.0211. The van der Waals surface area contributed by atoms with Crippen molar-refractivity contribution in [3.8, 4) is 0 Å². The van der Waals surface area contributed by atoms with E-state index in [1.807, 2.05) is 30.4 Å². The van der Waals surface area contributed by atoms with E-state index in [0.29, 0.717) is 12.8 Å². The van der Waals surface area contributed by atoms with E-state index in [1.165, 1.54) is 38.5 Å². The van der Waals surface area contributed by atoms with Gasteiger partial charge in [-0.2, -0.15) is 0 Å². The number of hydrogen-bond acceptors (Lipinski definition) is 8. The van der Waals surface area contributed by atoms with Crippen molar-refractivity contribution in [1.82, 2.24) is 0 Å². The lowest BCUT2D eigenvalue weighted by molar-refractivity contribution is -0.161. The maximum atomic E-state index is 12.4. The van der Waals surface area contributed by atoms with Crippen molar-refractivity contribution in [2.45, 2.75) is 161 Å². The molecule has 3 atom stereocenters. The fourth-order valence-electron chi connectivity index (χ4n) is 5.00. The Balaban J connectivity index is 4.30. The van der Waals surface area contributed by atoms with E-state index in [-0.39, 0.29) is 32.1 Å². The number of phosphoric acid groups is 1. The number of rotatable bonds is 35. The Hall–Kier alpha value is -2.85. The summed E-state index contributed by atoms with van der Waals surface area (Å²) in [5.74, 6) is -1.24. The van der Waals surface area contributed by atoms with Gasteiger partial charge in [0, 0.05) is 12.8 Å². The number of carbonyl (C=O) groups is 2. The Bertz CT molecular complexity index is 1180. The van der Waals surface area contributed by atoms with Gasteiger partial charge in [-0.15, -0.1) is 0 Å². The first-order valence-corrected chi connectivity index (χ1v) is 21.6. The molecule has 0 spiro atoms. The molecule has 0 bridgehead atoms. The Morgan fingerprint density at radius 1 is 0.574 bits per heavy atom. The Morgan fingerprint density at radius 3 is 1.65 bits per heavy atom. The minimum Gasteiger partial charge on any atom is -0.462 e. The number of allylic oxidation sites excluding steroid dienone is 13. The molecule has 0 radical (unpaired) electrons. The van der Waals surface area contributed by atoms with Crippen molar-refractivity contribution in [1.29, 1.82) is 0 Å². The van der Waals surface area contributed by atoms with Crippen LogP contribution in [0.25, 0.3) is 0 Å². The molecule has 0 aliphatic rings. The summed E-state index contributed by atoms with van der Waals surface area (Å²) < 4.78 is 26.1. The SMILES string of the molecule is CC/C=C\C/C=C\C/C=C\C/C=C\C[C@H](O)[C@@H](O)CCCC(=O)OC[C@H](COP(=O)(O)O)OC(=O)CCC/C=C\C/C=C\C/C=C\CCCCCCCC. The average Bonchev–Trinajstić information content (AvgIpc) is 3.13. The average molecular weight is 779 g/mol. The molecule has 0 saturated carbocycles. The molecule has 0 fully saturated rings. The van der Waals surface area contributed by atoms with Gasteiger partial charge in [0.15, 0.2) is 6.10 Å². The molecule has 0 saturated heterocycles. The number of aliphatic hydroxyl groups is 2. The third-order valence-electron chi connectivity index (χ3n) is 8.10. The molecule has 4 N–H and O–H groups in total. The third-order valence-corrected chi connectivity index (χ3v) is 8.58. The van der Waals surface area contributed by atoms with Crippen LogP contribution in [0.1, 0.15) is 142 Å². The standard InChI is InChI=1S/C43H71O10P/c1-3-5-7-9-11-13-15-17-18-19-20-21-23-25-27-29-31-35-43(47)53-39(38-52-54(48,49)50)37-51-42(46)36-32-34-41(45)40(44)33-30-28-26-24-22-16-14-12-10-8-6-4-2/h6,8,12,14,17-18,20-22,24-25,27-28,30,39-41,44-45H,3-5,7,9-11,13,15-16,19,23,26,29,31-38H2,1-2H3,(H2,48,49,50)/b8-6-,14-12-,18-17-,21-20-,24-22-,27-25-,30-28-/t39-,40+,41+/m1/s1. The summed E-state index contributed by atoms with van der Waals surface area (Å²) >= 11 is 0. The Morgan fingerprint density at radius 2 is 1.07 bits per heavy atom. The molecule has 0 rings (SSSR count). The predicted molar refractivity (Wildman–Crippen MR) is 219 cm³/mol. The molecule has 0 amide bonds. The van der Waals surface area contributed by atoms with E-state index in [1.54, 1.807) is 0 Å². The van der Waals surface area contributed by atoms with Crippen molar-refractivity contribution in [3.05, 3.63) is 85.1 Å². The highest BCUT2D eigenvalue weighted by atomic mass is 31.2. The molecule has 0 aromatic carbocycles. The maximum absolute atomic E-state index is 12.4. The summed E-state index contributed by atoms with van der Waals surface area (Å²) in [5.41, 5.74) is 0. The number of ether oxygens (including phenoxy) is 2. The fourth-order valence-corrected chi connectivity index (χ4v) is 5.36. The van der Waals surface area contributed by atoms with Gasteiger partial charge in [-0.1, -0.05) is 131 Å². The molecule has 54 heavy (non-hydrogen) atoms. The molecule has 10 nitrogen and oxygen atoms in total. The molecule has 0 aromatic heterocycles. The molecule has 0 unspecified atom stereocenters. The first kappa shape index (κ1) is 51.1. The highest BCUT2D eigenvalue weighted by molar-refractivity contribution is 7.46. The summed E-state index contributed by atoms with van der Waals surface area (Å²) in [6.45, 7) is 3.25. The van der Waals surface area contributed by atoms with Crippen molar-refractivity contribution in [2.75, 3.05) is 13.2 Å². The lowest BCUT2D eigenvalue weighted by atomic mass is 10.0. The minimum absolute atomic E-state index is 0.0642. The van der Waals surface area contributed by atoms with Crippen LogP contribution in [0.15, 0.2) is 85.1 Å². The zero-order valence-electron chi connectivity index (χ0n) is 33.1. The van der Waals surface area contributed by atoms with Crippen LogP contribution in [-0.4, -0.2) is 63.5 Å². The van der Waals surface area contributed by atoms with Crippen LogP contribution in [0.2, 0.25) is 0 Å². The molecule has 0 heterocycles. The van der Waals surface area contributed by atoms with Gasteiger partial charge in [-0.3, -0.25) is 14.1 Å². The van der Waals surface area contributed by atoms with Gasteiger partial charge < -0.3 is 29.5 Å². The number of unbranched alkanes of at least 4 members (excludes halogenated alkanes) is 7. The van der Waals surface area contributed by atoms with Gasteiger partial charge in [0.2, 0.25) is 0 Å². The van der Waals surface area contributed by atoms with Crippen LogP contribution in [0.5, 0.6) is 0 Å². The van der Waals surface area contributed by atoms with E-state index in [4.69, 9.17) is 19.3 Å². The van der Waals surface area contributed by atoms with Crippen molar-refractivity contribution in [3.63, 3.8) is 0 Å². The number of esters is 2. The summed E-state index contributed by atoms with van der Waals surface area (Å²) in [5, 5.41) is 20.5. The zero-order chi connectivity index (χ0) is 40.0. The number of hydrogen-bond donors (Lipinski definition) is 4. The molecule has 0 aliphatic heterocycles. The van der Waals surface area contributed by atoms with Gasteiger partial charge in [0.25, 0.3) is 0 Å². The van der Waals surface area contributed by atoms with E-state index in [9.17, 15) is 24.4 Å². The number of aliphatic hydroxyl groups excluding tert-OH is 2. The Labute approximate surface area is 326 Å². The number of phosphoric ester groups is 1. The van der Waals surface area contributed by atoms with Gasteiger partial charge >= 0.3 is 19.8 Å². The van der Waals surface area contributed by atoms with Crippen molar-refractivity contribution < 1.29 is 48.2 Å². The topological polar surface area (TPSA) is 160 Å².